The maximum atomic E-state index is 5.41. The van der Waals surface area contributed by atoms with Crippen molar-refractivity contribution in [2.45, 2.75) is 27.2 Å². The number of hydrogen-bond acceptors (Lipinski definition) is 5. The summed E-state index contributed by atoms with van der Waals surface area (Å²) in [7, 11) is 0. The van der Waals surface area contributed by atoms with Crippen LogP contribution in [-0.2, 0) is 0 Å². The third kappa shape index (κ3) is 2.53. The van der Waals surface area contributed by atoms with Crippen molar-refractivity contribution >= 4 is 17.3 Å². The molecule has 2 aromatic rings. The zero-order valence-electron chi connectivity index (χ0n) is 11.1. The van der Waals surface area contributed by atoms with Crippen molar-refractivity contribution in [3.05, 3.63) is 18.6 Å². The molecule has 0 aliphatic heterocycles. The van der Waals surface area contributed by atoms with Gasteiger partial charge in [0.2, 0.25) is 0 Å². The average molecular weight is 248 g/mol. The summed E-state index contributed by atoms with van der Waals surface area (Å²) in [6, 6.07) is 0. The fraction of sp³-hybridized carbons (Fsp3) is 0.500. The standard InChI is InChI=1S/C12H20N6/c1-4-12(2,3)8-15-10-11-14-5-6-18(11)7-9(16-10)17-13/h5-7,17H,4,8,13H2,1-3H3,(H,15,16). The lowest BCUT2D eigenvalue weighted by molar-refractivity contribution is 0.376. The highest BCUT2D eigenvalue weighted by molar-refractivity contribution is 5.65. The highest BCUT2D eigenvalue weighted by Gasteiger charge is 2.16. The maximum absolute atomic E-state index is 5.41. The Labute approximate surface area is 107 Å². The minimum absolute atomic E-state index is 0.220. The van der Waals surface area contributed by atoms with Gasteiger partial charge in [-0.25, -0.2) is 15.8 Å². The van der Waals surface area contributed by atoms with Crippen molar-refractivity contribution in [2.75, 3.05) is 17.3 Å². The number of aromatic nitrogens is 3. The van der Waals surface area contributed by atoms with Crippen LogP contribution in [0, 0.1) is 5.41 Å². The molecular weight excluding hydrogens is 228 g/mol. The van der Waals surface area contributed by atoms with Gasteiger partial charge in [0.25, 0.3) is 0 Å². The Morgan fingerprint density at radius 1 is 1.44 bits per heavy atom. The predicted octanol–water partition coefficient (Wildman–Crippen LogP) is 1.86. The van der Waals surface area contributed by atoms with E-state index in [2.05, 4.69) is 41.5 Å². The molecule has 6 nitrogen and oxygen atoms in total. The first-order valence-electron chi connectivity index (χ1n) is 6.10. The van der Waals surface area contributed by atoms with Crippen molar-refractivity contribution < 1.29 is 0 Å². The van der Waals surface area contributed by atoms with Crippen LogP contribution in [0.5, 0.6) is 0 Å². The molecule has 98 valence electrons. The summed E-state index contributed by atoms with van der Waals surface area (Å²) in [5.41, 5.74) is 3.59. The summed E-state index contributed by atoms with van der Waals surface area (Å²) < 4.78 is 1.89. The number of nitrogens with zero attached hydrogens (tertiary/aromatic N) is 3. The second kappa shape index (κ2) is 4.81. The second-order valence-electron chi connectivity index (χ2n) is 5.15. The number of hydrogen-bond donors (Lipinski definition) is 3. The number of nitrogens with one attached hydrogen (secondary N) is 2. The van der Waals surface area contributed by atoms with Crippen LogP contribution in [0.25, 0.3) is 5.65 Å². The average Bonchev–Trinajstić information content (AvgIpc) is 2.84. The molecule has 0 saturated heterocycles. The highest BCUT2D eigenvalue weighted by atomic mass is 15.3. The number of nitrogens with two attached hydrogens (primary N) is 1. The Bertz CT molecular complexity index is 530. The molecule has 4 N–H and O–H groups in total. The van der Waals surface area contributed by atoms with Crippen LogP contribution in [0.4, 0.5) is 11.6 Å². The van der Waals surface area contributed by atoms with Crippen molar-refractivity contribution in [1.82, 2.24) is 14.4 Å². The van der Waals surface area contributed by atoms with E-state index in [0.717, 1.165) is 24.4 Å². The molecule has 6 heteroatoms. The lowest BCUT2D eigenvalue weighted by atomic mass is 9.90. The Morgan fingerprint density at radius 2 is 2.22 bits per heavy atom. The van der Waals surface area contributed by atoms with Gasteiger partial charge in [-0.1, -0.05) is 20.8 Å². The maximum Gasteiger partial charge on any atom is 0.180 e. The van der Waals surface area contributed by atoms with E-state index in [1.807, 2.05) is 10.6 Å². The summed E-state index contributed by atoms with van der Waals surface area (Å²) in [6.45, 7) is 7.45. The van der Waals surface area contributed by atoms with Gasteiger partial charge in [-0.3, -0.25) is 0 Å². The first-order valence-corrected chi connectivity index (χ1v) is 6.10. The molecular formula is C12H20N6. The predicted molar refractivity (Wildman–Crippen MR) is 73.4 cm³/mol. The normalized spacial score (nSPS) is 11.8. The molecule has 0 bridgehead atoms. The van der Waals surface area contributed by atoms with E-state index >= 15 is 0 Å². The van der Waals surface area contributed by atoms with Crippen molar-refractivity contribution in [3.63, 3.8) is 0 Å². The van der Waals surface area contributed by atoms with E-state index in [0.29, 0.717) is 5.82 Å². The quantitative estimate of drug-likeness (QED) is 0.556. The molecule has 0 fully saturated rings. The highest BCUT2D eigenvalue weighted by Crippen LogP contribution is 2.22. The number of hydrazine groups is 1. The van der Waals surface area contributed by atoms with Gasteiger partial charge in [-0.2, -0.15) is 0 Å². The number of fused-ring (bicyclic) bond motifs is 1. The summed E-state index contributed by atoms with van der Waals surface area (Å²) >= 11 is 0. The van der Waals surface area contributed by atoms with E-state index in [9.17, 15) is 0 Å². The molecule has 2 aromatic heterocycles. The van der Waals surface area contributed by atoms with Crippen LogP contribution in [0.1, 0.15) is 27.2 Å². The molecule has 2 heterocycles. The molecule has 0 spiro atoms. The molecule has 0 aromatic carbocycles. The molecule has 0 aliphatic rings. The van der Waals surface area contributed by atoms with E-state index in [-0.39, 0.29) is 5.41 Å². The summed E-state index contributed by atoms with van der Waals surface area (Å²) in [5.74, 6) is 6.77. The Morgan fingerprint density at radius 3 is 2.89 bits per heavy atom. The number of imidazole rings is 1. The first-order chi connectivity index (χ1) is 8.55. The minimum Gasteiger partial charge on any atom is -0.366 e. The third-order valence-electron chi connectivity index (χ3n) is 3.21. The van der Waals surface area contributed by atoms with E-state index in [1.54, 1.807) is 12.4 Å². The molecule has 2 rings (SSSR count). The lowest BCUT2D eigenvalue weighted by Crippen LogP contribution is -2.23. The van der Waals surface area contributed by atoms with Gasteiger partial charge in [0, 0.05) is 18.9 Å². The van der Waals surface area contributed by atoms with E-state index in [4.69, 9.17) is 5.84 Å². The molecule has 0 atom stereocenters. The van der Waals surface area contributed by atoms with Gasteiger partial charge in [0.15, 0.2) is 17.3 Å². The van der Waals surface area contributed by atoms with E-state index < -0.39 is 0 Å². The molecule has 0 aliphatic carbocycles. The summed E-state index contributed by atoms with van der Waals surface area (Å²) in [5, 5.41) is 3.35. The fourth-order valence-corrected chi connectivity index (χ4v) is 1.57. The van der Waals surface area contributed by atoms with Gasteiger partial charge < -0.3 is 15.1 Å². The zero-order chi connectivity index (χ0) is 13.2. The Hall–Kier alpha value is -1.82. The monoisotopic (exact) mass is 248 g/mol. The van der Waals surface area contributed by atoms with Crippen LogP contribution >= 0.6 is 0 Å². The van der Waals surface area contributed by atoms with Gasteiger partial charge in [-0.15, -0.1) is 0 Å². The van der Waals surface area contributed by atoms with Gasteiger partial charge >= 0.3 is 0 Å². The summed E-state index contributed by atoms with van der Waals surface area (Å²) in [4.78, 5) is 8.69. The SMILES string of the molecule is CCC(C)(C)CNc1nc(NN)cn2ccnc12. The molecule has 0 radical (unpaired) electrons. The fourth-order valence-electron chi connectivity index (χ4n) is 1.57. The van der Waals surface area contributed by atoms with Crippen molar-refractivity contribution in [2.24, 2.45) is 11.3 Å². The summed E-state index contributed by atoms with van der Waals surface area (Å²) in [6.07, 6.45) is 6.51. The molecule has 0 amide bonds. The molecule has 0 unspecified atom stereocenters. The van der Waals surface area contributed by atoms with Gasteiger partial charge in [-0.05, 0) is 11.8 Å². The zero-order valence-corrected chi connectivity index (χ0v) is 11.1. The first kappa shape index (κ1) is 12.6. The van der Waals surface area contributed by atoms with E-state index in [1.165, 1.54) is 0 Å². The Balaban J connectivity index is 2.28. The Kier molecular flexibility index (Phi) is 3.38. The number of nitrogen functional groups attached to an aromatic ring is 1. The molecule has 0 saturated carbocycles. The van der Waals surface area contributed by atoms with Crippen LogP contribution in [0.3, 0.4) is 0 Å². The van der Waals surface area contributed by atoms with Crippen molar-refractivity contribution in [1.29, 1.82) is 0 Å². The topological polar surface area (TPSA) is 80.3 Å². The minimum atomic E-state index is 0.220. The van der Waals surface area contributed by atoms with Gasteiger partial charge in [0.05, 0.1) is 6.20 Å². The third-order valence-corrected chi connectivity index (χ3v) is 3.21. The molecule has 18 heavy (non-hydrogen) atoms. The number of anilines is 2. The smallest absolute Gasteiger partial charge is 0.180 e. The van der Waals surface area contributed by atoms with Crippen molar-refractivity contribution in [3.8, 4) is 0 Å². The second-order valence-corrected chi connectivity index (χ2v) is 5.15. The lowest BCUT2D eigenvalue weighted by Gasteiger charge is -2.23. The van der Waals surface area contributed by atoms with Crippen LogP contribution in [0.15, 0.2) is 18.6 Å². The largest absolute Gasteiger partial charge is 0.366 e. The van der Waals surface area contributed by atoms with Crippen LogP contribution < -0.4 is 16.6 Å². The van der Waals surface area contributed by atoms with Gasteiger partial charge in [0.1, 0.15) is 0 Å². The number of rotatable bonds is 5. The van der Waals surface area contributed by atoms with Crippen LogP contribution in [-0.4, -0.2) is 20.9 Å². The van der Waals surface area contributed by atoms with Crippen LogP contribution in [0.2, 0.25) is 0 Å².